The monoisotopic (exact) mass is 498 g/mol. The summed E-state index contributed by atoms with van der Waals surface area (Å²) in [4.78, 5) is 38.7. The van der Waals surface area contributed by atoms with E-state index in [0.717, 1.165) is 22.6 Å². The number of benzene rings is 3. The summed E-state index contributed by atoms with van der Waals surface area (Å²) in [5.41, 5.74) is 3.18. The number of urea groups is 1. The normalized spacial score (nSPS) is 15.5. The Bertz CT molecular complexity index is 1300. The summed E-state index contributed by atoms with van der Waals surface area (Å²) >= 11 is 0. The summed E-state index contributed by atoms with van der Waals surface area (Å²) in [6.07, 6.45) is 2.56. The van der Waals surface area contributed by atoms with E-state index in [0.29, 0.717) is 36.1 Å². The second-order valence-electron chi connectivity index (χ2n) is 8.94. The topological polar surface area (TPSA) is 84.9 Å². The van der Waals surface area contributed by atoms with Crippen molar-refractivity contribution in [2.24, 2.45) is 0 Å². The highest BCUT2D eigenvalue weighted by Gasteiger charge is 2.36. The third kappa shape index (κ3) is 6.25. The highest BCUT2D eigenvalue weighted by molar-refractivity contribution is 6.39. The molecule has 4 amide bonds. The number of amides is 4. The second-order valence-corrected chi connectivity index (χ2v) is 8.94. The molecule has 3 aromatic carbocycles. The van der Waals surface area contributed by atoms with Crippen LogP contribution in [0.2, 0.25) is 0 Å². The van der Waals surface area contributed by atoms with E-state index in [1.54, 1.807) is 48.5 Å². The fraction of sp³-hybridized carbons (Fsp3) is 0.233. The number of aryl methyl sites for hydroxylation is 1. The van der Waals surface area contributed by atoms with Gasteiger partial charge in [0.25, 0.3) is 11.8 Å². The zero-order chi connectivity index (χ0) is 26.4. The fourth-order valence-electron chi connectivity index (χ4n) is 3.86. The summed E-state index contributed by atoms with van der Waals surface area (Å²) in [7, 11) is 0. The van der Waals surface area contributed by atoms with Gasteiger partial charge in [-0.15, -0.1) is 0 Å². The van der Waals surface area contributed by atoms with E-state index in [9.17, 15) is 14.4 Å². The first-order valence-corrected chi connectivity index (χ1v) is 12.3. The van der Waals surface area contributed by atoms with Gasteiger partial charge in [-0.25, -0.2) is 9.69 Å². The fourth-order valence-corrected chi connectivity index (χ4v) is 3.86. The van der Waals surface area contributed by atoms with Crippen molar-refractivity contribution in [2.75, 3.05) is 18.1 Å². The Morgan fingerprint density at radius 1 is 0.838 bits per heavy atom. The van der Waals surface area contributed by atoms with E-state index in [1.807, 2.05) is 19.1 Å². The summed E-state index contributed by atoms with van der Waals surface area (Å²) in [5.74, 6) is 0.552. The minimum atomic E-state index is -0.770. The summed E-state index contributed by atoms with van der Waals surface area (Å²) in [5, 5.41) is 2.23. The molecule has 1 N–H and O–H groups in total. The van der Waals surface area contributed by atoms with Crippen molar-refractivity contribution in [1.29, 1.82) is 0 Å². The van der Waals surface area contributed by atoms with Crippen molar-refractivity contribution in [3.8, 4) is 11.5 Å². The first-order valence-electron chi connectivity index (χ1n) is 12.3. The van der Waals surface area contributed by atoms with Gasteiger partial charge in [-0.2, -0.15) is 0 Å². The largest absolute Gasteiger partial charge is 0.490 e. The lowest BCUT2D eigenvalue weighted by Gasteiger charge is -2.26. The van der Waals surface area contributed by atoms with Crippen LogP contribution in [0.25, 0.3) is 6.08 Å². The number of carbonyl (C=O) groups is 3. The zero-order valence-electron chi connectivity index (χ0n) is 21.2. The van der Waals surface area contributed by atoms with E-state index in [1.165, 1.54) is 11.6 Å². The predicted octanol–water partition coefficient (Wildman–Crippen LogP) is 5.63. The van der Waals surface area contributed by atoms with Gasteiger partial charge in [0.15, 0.2) is 0 Å². The smallest absolute Gasteiger partial charge is 0.335 e. The third-order valence-corrected chi connectivity index (χ3v) is 6.27. The van der Waals surface area contributed by atoms with Gasteiger partial charge in [0.2, 0.25) is 0 Å². The minimum Gasteiger partial charge on any atom is -0.490 e. The van der Waals surface area contributed by atoms with Gasteiger partial charge >= 0.3 is 6.03 Å². The van der Waals surface area contributed by atoms with Crippen molar-refractivity contribution in [1.82, 2.24) is 5.32 Å². The molecule has 7 nitrogen and oxygen atoms in total. The highest BCUT2D eigenvalue weighted by atomic mass is 16.5. The molecule has 3 aromatic rings. The number of anilines is 1. The summed E-state index contributed by atoms with van der Waals surface area (Å²) < 4.78 is 11.5. The molecule has 0 spiro atoms. The van der Waals surface area contributed by atoms with Crippen LogP contribution in [0.4, 0.5) is 10.5 Å². The van der Waals surface area contributed by atoms with E-state index in [4.69, 9.17) is 9.47 Å². The number of carbonyl (C=O) groups excluding carboxylic acids is 3. The Morgan fingerprint density at radius 3 is 1.97 bits per heavy atom. The van der Waals surface area contributed by atoms with Crippen LogP contribution in [0, 0.1) is 6.92 Å². The van der Waals surface area contributed by atoms with Gasteiger partial charge in [-0.05, 0) is 72.9 Å². The standard InChI is InChI=1S/C30H30N2O5/c1-4-21(3)23-9-15-26(16-10-23)37-18-17-36-25-13-7-22(8-14-25)19-27-28(33)31-30(35)32(29(27)34)24-11-5-20(2)6-12-24/h5-16,19,21H,4,17-18H2,1-3H3,(H,31,33,35)/b27-19-/t21-/m1/s1. The molecule has 1 fully saturated rings. The van der Waals surface area contributed by atoms with Crippen LogP contribution < -0.4 is 19.7 Å². The highest BCUT2D eigenvalue weighted by Crippen LogP contribution is 2.24. The molecule has 190 valence electrons. The maximum atomic E-state index is 13.0. The quantitative estimate of drug-likeness (QED) is 0.235. The maximum Gasteiger partial charge on any atom is 0.335 e. The number of hydrogen-bond donors (Lipinski definition) is 1. The number of nitrogens with zero attached hydrogens (tertiary/aromatic N) is 1. The van der Waals surface area contributed by atoms with Crippen molar-refractivity contribution >= 4 is 29.6 Å². The summed E-state index contributed by atoms with van der Waals surface area (Å²) in [6.45, 7) is 7.04. The number of imide groups is 2. The molecule has 0 aliphatic carbocycles. The molecule has 1 saturated heterocycles. The van der Waals surface area contributed by atoms with Crippen LogP contribution in [0.5, 0.6) is 11.5 Å². The Balaban J connectivity index is 1.34. The van der Waals surface area contributed by atoms with Gasteiger partial charge in [0, 0.05) is 0 Å². The van der Waals surface area contributed by atoms with E-state index >= 15 is 0 Å². The van der Waals surface area contributed by atoms with Crippen LogP contribution >= 0.6 is 0 Å². The minimum absolute atomic E-state index is 0.124. The lowest BCUT2D eigenvalue weighted by molar-refractivity contribution is -0.122. The predicted molar refractivity (Wildman–Crippen MR) is 143 cm³/mol. The lowest BCUT2D eigenvalue weighted by Crippen LogP contribution is -2.54. The molecule has 0 saturated carbocycles. The Morgan fingerprint density at radius 2 is 1.41 bits per heavy atom. The average molecular weight is 499 g/mol. The van der Waals surface area contributed by atoms with Gasteiger partial charge < -0.3 is 9.47 Å². The molecule has 1 atom stereocenters. The van der Waals surface area contributed by atoms with Crippen LogP contribution in [0.1, 0.15) is 42.9 Å². The van der Waals surface area contributed by atoms with Crippen molar-refractivity contribution in [3.05, 3.63) is 95.1 Å². The molecule has 0 bridgehead atoms. The summed E-state index contributed by atoms with van der Waals surface area (Å²) in [6, 6.07) is 21.3. The van der Waals surface area contributed by atoms with E-state index in [2.05, 4.69) is 31.3 Å². The maximum absolute atomic E-state index is 13.0. The molecule has 0 radical (unpaired) electrons. The first-order chi connectivity index (χ1) is 17.9. The van der Waals surface area contributed by atoms with Gasteiger partial charge in [-0.1, -0.05) is 55.8 Å². The molecule has 0 aromatic heterocycles. The van der Waals surface area contributed by atoms with Crippen LogP contribution in [0.3, 0.4) is 0 Å². The van der Waals surface area contributed by atoms with E-state index in [-0.39, 0.29) is 5.57 Å². The second kappa shape index (κ2) is 11.6. The molecular weight excluding hydrogens is 468 g/mol. The van der Waals surface area contributed by atoms with Crippen molar-refractivity contribution in [2.45, 2.75) is 33.1 Å². The molecule has 37 heavy (non-hydrogen) atoms. The van der Waals surface area contributed by atoms with Gasteiger partial charge in [0.1, 0.15) is 30.3 Å². The van der Waals surface area contributed by atoms with Crippen molar-refractivity contribution < 1.29 is 23.9 Å². The molecular formula is C30H30N2O5. The molecule has 1 aliphatic heterocycles. The molecule has 0 unspecified atom stereocenters. The van der Waals surface area contributed by atoms with Gasteiger partial charge in [-0.3, -0.25) is 14.9 Å². The van der Waals surface area contributed by atoms with E-state index < -0.39 is 17.8 Å². The first kappa shape index (κ1) is 25.7. The SMILES string of the molecule is CC[C@@H](C)c1ccc(OCCOc2ccc(/C=C3/C(=O)NC(=O)N(c4ccc(C)cc4)C3=O)cc2)cc1. The zero-order valence-corrected chi connectivity index (χ0v) is 21.2. The number of ether oxygens (including phenoxy) is 2. The van der Waals surface area contributed by atoms with Crippen LogP contribution in [-0.2, 0) is 9.59 Å². The third-order valence-electron chi connectivity index (χ3n) is 6.27. The average Bonchev–Trinajstić information content (AvgIpc) is 2.90. The lowest BCUT2D eigenvalue weighted by atomic mass is 9.99. The van der Waals surface area contributed by atoms with Crippen molar-refractivity contribution in [3.63, 3.8) is 0 Å². The number of rotatable bonds is 9. The van der Waals surface area contributed by atoms with Gasteiger partial charge in [0.05, 0.1) is 5.69 Å². The number of barbiturate groups is 1. The Hall–Kier alpha value is -4.39. The number of hydrogen-bond acceptors (Lipinski definition) is 5. The van der Waals surface area contributed by atoms with Crippen LogP contribution in [0.15, 0.2) is 78.4 Å². The number of nitrogens with one attached hydrogen (secondary N) is 1. The molecule has 7 heteroatoms. The molecule has 1 aliphatic rings. The Labute approximate surface area is 216 Å². The molecule has 1 heterocycles. The molecule has 4 rings (SSSR count). The Kier molecular flexibility index (Phi) is 8.03. The van der Waals surface area contributed by atoms with Crippen LogP contribution in [-0.4, -0.2) is 31.1 Å².